The van der Waals surface area contributed by atoms with Crippen molar-refractivity contribution < 1.29 is 4.39 Å². The summed E-state index contributed by atoms with van der Waals surface area (Å²) >= 11 is 9.07. The molecule has 0 saturated heterocycles. The van der Waals surface area contributed by atoms with E-state index in [9.17, 15) is 4.39 Å². The molecule has 0 fully saturated rings. The SMILES string of the molecule is C/C(=C/CCBr)Cc1ccc(F)c(Cl)c1. The fraction of sp³-hybridized carbons (Fsp3) is 0.333. The van der Waals surface area contributed by atoms with Gasteiger partial charge in [-0.15, -0.1) is 0 Å². The topological polar surface area (TPSA) is 0 Å². The highest BCUT2D eigenvalue weighted by Gasteiger charge is 2.01. The fourth-order valence-electron chi connectivity index (χ4n) is 1.34. The molecule has 0 nitrogen and oxygen atoms in total. The molecule has 0 spiro atoms. The predicted octanol–water partition coefficient (Wildman–Crippen LogP) is 4.75. The second kappa shape index (κ2) is 6.29. The zero-order chi connectivity index (χ0) is 11.3. The number of rotatable bonds is 4. The minimum absolute atomic E-state index is 0.195. The Bertz CT molecular complexity index is 361. The molecule has 0 N–H and O–H groups in total. The third-order valence-electron chi connectivity index (χ3n) is 2.07. The minimum Gasteiger partial charge on any atom is -0.205 e. The van der Waals surface area contributed by atoms with Crippen LogP contribution in [0.15, 0.2) is 29.8 Å². The summed E-state index contributed by atoms with van der Waals surface area (Å²) in [7, 11) is 0. The van der Waals surface area contributed by atoms with Crippen LogP contribution >= 0.6 is 27.5 Å². The van der Waals surface area contributed by atoms with Crippen LogP contribution in [0.4, 0.5) is 4.39 Å². The van der Waals surface area contributed by atoms with E-state index in [0.29, 0.717) is 0 Å². The van der Waals surface area contributed by atoms with Crippen molar-refractivity contribution in [3.63, 3.8) is 0 Å². The van der Waals surface area contributed by atoms with Crippen molar-refractivity contribution in [2.45, 2.75) is 19.8 Å². The Labute approximate surface area is 103 Å². The molecule has 0 saturated carbocycles. The monoisotopic (exact) mass is 290 g/mol. The van der Waals surface area contributed by atoms with E-state index in [0.717, 1.165) is 23.7 Å². The number of halogens is 3. The number of hydrogen-bond acceptors (Lipinski definition) is 0. The molecule has 0 amide bonds. The predicted molar refractivity (Wildman–Crippen MR) is 67.3 cm³/mol. The Hall–Kier alpha value is -0.340. The summed E-state index contributed by atoms with van der Waals surface area (Å²) in [5.41, 5.74) is 2.32. The molecule has 0 atom stereocenters. The Morgan fingerprint density at radius 2 is 2.27 bits per heavy atom. The smallest absolute Gasteiger partial charge is 0.141 e. The Kier molecular flexibility index (Phi) is 5.34. The zero-order valence-corrected chi connectivity index (χ0v) is 10.9. The van der Waals surface area contributed by atoms with Crippen LogP contribution in [0.5, 0.6) is 0 Å². The van der Waals surface area contributed by atoms with Gasteiger partial charge >= 0.3 is 0 Å². The van der Waals surface area contributed by atoms with Crippen molar-refractivity contribution in [3.8, 4) is 0 Å². The van der Waals surface area contributed by atoms with Crippen molar-refractivity contribution in [3.05, 3.63) is 46.3 Å². The van der Waals surface area contributed by atoms with Gasteiger partial charge in [0.15, 0.2) is 0 Å². The lowest BCUT2D eigenvalue weighted by molar-refractivity contribution is 0.627. The number of benzene rings is 1. The molecule has 0 bridgehead atoms. The summed E-state index contributed by atoms with van der Waals surface area (Å²) in [5, 5.41) is 1.16. The molecule has 0 aliphatic rings. The second-order valence-electron chi connectivity index (χ2n) is 3.45. The fourth-order valence-corrected chi connectivity index (χ4v) is 1.78. The Morgan fingerprint density at radius 1 is 1.53 bits per heavy atom. The molecule has 0 aliphatic carbocycles. The van der Waals surface area contributed by atoms with Crippen LogP contribution in [-0.2, 0) is 6.42 Å². The number of hydrogen-bond donors (Lipinski definition) is 0. The van der Waals surface area contributed by atoms with Gasteiger partial charge in [0, 0.05) is 5.33 Å². The van der Waals surface area contributed by atoms with Crippen molar-refractivity contribution >= 4 is 27.5 Å². The van der Waals surface area contributed by atoms with Crippen LogP contribution < -0.4 is 0 Å². The van der Waals surface area contributed by atoms with E-state index in [1.165, 1.54) is 11.6 Å². The molecule has 0 aliphatic heterocycles. The van der Waals surface area contributed by atoms with Crippen molar-refractivity contribution in [1.29, 1.82) is 0 Å². The highest BCUT2D eigenvalue weighted by atomic mass is 79.9. The lowest BCUT2D eigenvalue weighted by Crippen LogP contribution is -1.89. The second-order valence-corrected chi connectivity index (χ2v) is 4.65. The quantitative estimate of drug-likeness (QED) is 0.554. The van der Waals surface area contributed by atoms with Gasteiger partial charge in [-0.1, -0.05) is 45.2 Å². The molecule has 1 rings (SSSR count). The van der Waals surface area contributed by atoms with E-state index in [1.54, 1.807) is 12.1 Å². The molecule has 0 aromatic heterocycles. The Balaban J connectivity index is 2.68. The minimum atomic E-state index is -0.359. The number of alkyl halides is 1. The van der Waals surface area contributed by atoms with Gasteiger partial charge < -0.3 is 0 Å². The lowest BCUT2D eigenvalue weighted by Gasteiger charge is -2.03. The molecule has 1 aromatic carbocycles. The first-order valence-electron chi connectivity index (χ1n) is 4.79. The van der Waals surface area contributed by atoms with Crippen LogP contribution in [0.25, 0.3) is 0 Å². The van der Waals surface area contributed by atoms with Crippen LogP contribution in [0.3, 0.4) is 0 Å². The molecule has 1 aromatic rings. The third-order valence-corrected chi connectivity index (χ3v) is 2.82. The Morgan fingerprint density at radius 3 is 2.87 bits per heavy atom. The summed E-state index contributed by atoms with van der Waals surface area (Å²) in [5.74, 6) is -0.359. The third kappa shape index (κ3) is 4.35. The highest BCUT2D eigenvalue weighted by Crippen LogP contribution is 2.18. The van der Waals surface area contributed by atoms with E-state index in [4.69, 9.17) is 11.6 Å². The summed E-state index contributed by atoms with van der Waals surface area (Å²) in [4.78, 5) is 0. The average molecular weight is 292 g/mol. The molecule has 82 valence electrons. The summed E-state index contributed by atoms with van der Waals surface area (Å²) in [6.07, 6.45) is 4.01. The first-order valence-corrected chi connectivity index (χ1v) is 6.29. The van der Waals surface area contributed by atoms with Crippen molar-refractivity contribution in [2.75, 3.05) is 5.33 Å². The van der Waals surface area contributed by atoms with Gasteiger partial charge in [0.05, 0.1) is 5.02 Å². The normalized spacial score (nSPS) is 11.9. The maximum atomic E-state index is 12.9. The van der Waals surface area contributed by atoms with Crippen LogP contribution in [0.1, 0.15) is 18.9 Å². The van der Waals surface area contributed by atoms with Crippen molar-refractivity contribution in [2.24, 2.45) is 0 Å². The summed E-state index contributed by atoms with van der Waals surface area (Å²) < 4.78 is 12.9. The van der Waals surface area contributed by atoms with Gasteiger partial charge in [-0.05, 0) is 37.5 Å². The molecular formula is C12H13BrClF. The van der Waals surface area contributed by atoms with Gasteiger partial charge in [0.2, 0.25) is 0 Å². The van der Waals surface area contributed by atoms with Gasteiger partial charge in [-0.2, -0.15) is 0 Å². The molecule has 15 heavy (non-hydrogen) atoms. The van der Waals surface area contributed by atoms with Crippen LogP contribution in [0.2, 0.25) is 5.02 Å². The first-order chi connectivity index (χ1) is 7.13. The van der Waals surface area contributed by atoms with E-state index in [-0.39, 0.29) is 10.8 Å². The lowest BCUT2D eigenvalue weighted by atomic mass is 10.1. The standard InChI is InChI=1S/C12H13BrClF/c1-9(3-2-6-13)7-10-4-5-12(15)11(14)8-10/h3-5,8H,2,6-7H2,1H3/b9-3-. The maximum Gasteiger partial charge on any atom is 0.141 e. The molecule has 3 heteroatoms. The van der Waals surface area contributed by atoms with Crippen LogP contribution in [0, 0.1) is 5.82 Å². The van der Waals surface area contributed by atoms with E-state index >= 15 is 0 Å². The largest absolute Gasteiger partial charge is 0.205 e. The molecule has 0 heterocycles. The van der Waals surface area contributed by atoms with Gasteiger partial charge in [-0.3, -0.25) is 0 Å². The van der Waals surface area contributed by atoms with Gasteiger partial charge in [0.1, 0.15) is 5.82 Å². The average Bonchev–Trinajstić information content (AvgIpc) is 2.20. The summed E-state index contributed by atoms with van der Waals surface area (Å²) in [6.45, 7) is 2.07. The maximum absolute atomic E-state index is 12.9. The van der Waals surface area contributed by atoms with Gasteiger partial charge in [-0.25, -0.2) is 4.39 Å². The first kappa shape index (κ1) is 12.7. The van der Waals surface area contributed by atoms with Crippen molar-refractivity contribution in [1.82, 2.24) is 0 Å². The van der Waals surface area contributed by atoms with Crippen LogP contribution in [-0.4, -0.2) is 5.33 Å². The van der Waals surface area contributed by atoms with E-state index in [2.05, 4.69) is 28.9 Å². The molecule has 0 radical (unpaired) electrons. The molecular weight excluding hydrogens is 278 g/mol. The van der Waals surface area contributed by atoms with E-state index < -0.39 is 0 Å². The number of allylic oxidation sites excluding steroid dienone is 2. The molecule has 0 unspecified atom stereocenters. The highest BCUT2D eigenvalue weighted by molar-refractivity contribution is 9.09. The van der Waals surface area contributed by atoms with Gasteiger partial charge in [0.25, 0.3) is 0 Å². The zero-order valence-electron chi connectivity index (χ0n) is 8.56. The summed E-state index contributed by atoms with van der Waals surface area (Å²) in [6, 6.07) is 4.87. The van der Waals surface area contributed by atoms with E-state index in [1.807, 2.05) is 0 Å².